The zero-order valence-electron chi connectivity index (χ0n) is 9.49. The monoisotopic (exact) mass is 220 g/mol. The van der Waals surface area contributed by atoms with Crippen molar-refractivity contribution in [3.63, 3.8) is 0 Å². The summed E-state index contributed by atoms with van der Waals surface area (Å²) in [4.78, 5) is 5.07. The molecule has 1 aromatic carbocycles. The van der Waals surface area contributed by atoms with E-state index in [0.717, 1.165) is 23.9 Å². The van der Waals surface area contributed by atoms with E-state index >= 15 is 0 Å². The lowest BCUT2D eigenvalue weighted by Crippen LogP contribution is -2.14. The summed E-state index contributed by atoms with van der Waals surface area (Å²) in [7, 11) is 4.01. The van der Waals surface area contributed by atoms with Crippen LogP contribution in [0.1, 0.15) is 5.56 Å². The summed E-state index contributed by atoms with van der Waals surface area (Å²) < 4.78 is 0. The van der Waals surface area contributed by atoms with Crippen LogP contribution in [0, 0.1) is 0 Å². The largest absolute Gasteiger partial charge is 0.507 e. The highest BCUT2D eigenvalue weighted by atomic mass is 16.3. The predicted molar refractivity (Wildman–Crippen MR) is 63.9 cm³/mol. The van der Waals surface area contributed by atoms with Gasteiger partial charge < -0.3 is 20.1 Å². The molecule has 0 saturated heterocycles. The fourth-order valence-electron chi connectivity index (χ4n) is 1.82. The van der Waals surface area contributed by atoms with Gasteiger partial charge >= 0.3 is 0 Å². The second kappa shape index (κ2) is 4.06. The van der Waals surface area contributed by atoms with E-state index in [9.17, 15) is 10.2 Å². The highest BCUT2D eigenvalue weighted by Gasteiger charge is 2.11. The molecule has 1 heterocycles. The van der Waals surface area contributed by atoms with Crippen LogP contribution in [0.4, 0.5) is 0 Å². The van der Waals surface area contributed by atoms with Crippen LogP contribution in [0.25, 0.3) is 10.9 Å². The Hall–Kier alpha value is -1.68. The number of likely N-dealkylation sites (N-methyl/N-ethyl adjacent to an activating group) is 1. The van der Waals surface area contributed by atoms with Crippen LogP contribution in [-0.2, 0) is 6.42 Å². The lowest BCUT2D eigenvalue weighted by molar-refractivity contribution is 0.414. The van der Waals surface area contributed by atoms with Crippen molar-refractivity contribution in [3.8, 4) is 11.5 Å². The Balaban J connectivity index is 2.43. The van der Waals surface area contributed by atoms with Crippen LogP contribution >= 0.6 is 0 Å². The van der Waals surface area contributed by atoms with Crippen LogP contribution in [0.2, 0.25) is 0 Å². The van der Waals surface area contributed by atoms with E-state index in [0.29, 0.717) is 5.52 Å². The summed E-state index contributed by atoms with van der Waals surface area (Å²) >= 11 is 0. The lowest BCUT2D eigenvalue weighted by atomic mass is 10.1. The molecule has 86 valence electrons. The fourth-order valence-corrected chi connectivity index (χ4v) is 1.82. The molecule has 0 spiro atoms. The van der Waals surface area contributed by atoms with Crippen molar-refractivity contribution in [3.05, 3.63) is 23.9 Å². The van der Waals surface area contributed by atoms with Crippen molar-refractivity contribution in [1.82, 2.24) is 9.88 Å². The molecule has 0 aliphatic rings. The van der Waals surface area contributed by atoms with Crippen LogP contribution in [0.3, 0.4) is 0 Å². The van der Waals surface area contributed by atoms with Gasteiger partial charge in [-0.05, 0) is 38.2 Å². The molecule has 0 radical (unpaired) electrons. The number of aromatic nitrogens is 1. The third kappa shape index (κ3) is 1.84. The summed E-state index contributed by atoms with van der Waals surface area (Å²) in [6, 6.07) is 3.01. The molecule has 0 bridgehead atoms. The van der Waals surface area contributed by atoms with Gasteiger partial charge in [0.25, 0.3) is 0 Å². The minimum absolute atomic E-state index is 0.170. The SMILES string of the molecule is CN(C)CCc1c[nH]c2c(O)ccc(O)c12. The number of phenolic OH excluding ortho intramolecular Hbond substituents is 2. The Morgan fingerprint density at radius 2 is 1.88 bits per heavy atom. The maximum absolute atomic E-state index is 9.79. The number of hydrogen-bond donors (Lipinski definition) is 3. The van der Waals surface area contributed by atoms with Gasteiger partial charge in [-0.25, -0.2) is 0 Å². The Morgan fingerprint density at radius 1 is 1.19 bits per heavy atom. The average molecular weight is 220 g/mol. The molecule has 1 aromatic heterocycles. The Bertz CT molecular complexity index is 503. The van der Waals surface area contributed by atoms with Crippen molar-refractivity contribution in [2.75, 3.05) is 20.6 Å². The van der Waals surface area contributed by atoms with Crippen molar-refractivity contribution in [2.24, 2.45) is 0 Å². The number of H-pyrrole nitrogens is 1. The van der Waals surface area contributed by atoms with Gasteiger partial charge in [0.05, 0.1) is 5.52 Å². The van der Waals surface area contributed by atoms with Gasteiger partial charge in [0.1, 0.15) is 11.5 Å². The summed E-state index contributed by atoms with van der Waals surface area (Å²) in [5, 5.41) is 20.1. The van der Waals surface area contributed by atoms with Crippen LogP contribution in [0.5, 0.6) is 11.5 Å². The maximum Gasteiger partial charge on any atom is 0.139 e. The highest BCUT2D eigenvalue weighted by molar-refractivity contribution is 5.93. The van der Waals surface area contributed by atoms with Crippen molar-refractivity contribution < 1.29 is 10.2 Å². The first-order valence-corrected chi connectivity index (χ1v) is 5.25. The van der Waals surface area contributed by atoms with Crippen molar-refractivity contribution in [1.29, 1.82) is 0 Å². The van der Waals surface area contributed by atoms with Gasteiger partial charge in [-0.1, -0.05) is 0 Å². The number of fused-ring (bicyclic) bond motifs is 1. The van der Waals surface area contributed by atoms with Crippen molar-refractivity contribution >= 4 is 10.9 Å². The first-order valence-electron chi connectivity index (χ1n) is 5.25. The Labute approximate surface area is 94.1 Å². The molecule has 0 saturated carbocycles. The molecule has 0 unspecified atom stereocenters. The van der Waals surface area contributed by atoms with Crippen LogP contribution in [-0.4, -0.2) is 40.7 Å². The quantitative estimate of drug-likeness (QED) is 0.690. The van der Waals surface area contributed by atoms with E-state index in [1.807, 2.05) is 20.3 Å². The van der Waals surface area contributed by atoms with Crippen LogP contribution in [0.15, 0.2) is 18.3 Å². The molecule has 4 heteroatoms. The molecule has 2 rings (SSSR count). The topological polar surface area (TPSA) is 59.5 Å². The molecule has 0 fully saturated rings. The molecule has 4 nitrogen and oxygen atoms in total. The normalized spacial score (nSPS) is 11.4. The average Bonchev–Trinajstić information content (AvgIpc) is 2.65. The van der Waals surface area contributed by atoms with Gasteiger partial charge in [-0.3, -0.25) is 0 Å². The van der Waals surface area contributed by atoms with E-state index in [-0.39, 0.29) is 11.5 Å². The molecule has 0 amide bonds. The first-order chi connectivity index (χ1) is 7.59. The lowest BCUT2D eigenvalue weighted by Gasteiger charge is -2.08. The third-order valence-electron chi connectivity index (χ3n) is 2.70. The number of nitrogens with zero attached hydrogens (tertiary/aromatic N) is 1. The van der Waals surface area contributed by atoms with Crippen molar-refractivity contribution in [2.45, 2.75) is 6.42 Å². The van der Waals surface area contributed by atoms with Gasteiger partial charge in [0.15, 0.2) is 0 Å². The number of aromatic amines is 1. The number of hydrogen-bond acceptors (Lipinski definition) is 3. The number of nitrogens with one attached hydrogen (secondary N) is 1. The fraction of sp³-hybridized carbons (Fsp3) is 0.333. The molecular weight excluding hydrogens is 204 g/mol. The summed E-state index contributed by atoms with van der Waals surface area (Å²) in [5.41, 5.74) is 1.63. The molecule has 0 aliphatic carbocycles. The van der Waals surface area contributed by atoms with Crippen LogP contribution < -0.4 is 0 Å². The summed E-state index contributed by atoms with van der Waals surface area (Å²) in [6.45, 7) is 0.905. The van der Waals surface area contributed by atoms with Gasteiger partial charge in [0, 0.05) is 18.1 Å². The van der Waals surface area contributed by atoms with E-state index in [1.165, 1.54) is 12.1 Å². The van der Waals surface area contributed by atoms with E-state index in [4.69, 9.17) is 0 Å². The molecular formula is C12H16N2O2. The zero-order chi connectivity index (χ0) is 11.7. The minimum Gasteiger partial charge on any atom is -0.507 e. The molecule has 16 heavy (non-hydrogen) atoms. The number of rotatable bonds is 3. The molecule has 0 atom stereocenters. The number of phenols is 2. The summed E-state index contributed by atoms with van der Waals surface area (Å²) in [6.07, 6.45) is 2.68. The smallest absolute Gasteiger partial charge is 0.139 e. The maximum atomic E-state index is 9.79. The van der Waals surface area contributed by atoms with E-state index in [2.05, 4.69) is 9.88 Å². The molecule has 0 aliphatic heterocycles. The van der Waals surface area contributed by atoms with Gasteiger partial charge in [0.2, 0.25) is 0 Å². The number of benzene rings is 1. The molecule has 3 N–H and O–H groups in total. The van der Waals surface area contributed by atoms with E-state index < -0.39 is 0 Å². The third-order valence-corrected chi connectivity index (χ3v) is 2.70. The Kier molecular flexibility index (Phi) is 2.75. The summed E-state index contributed by atoms with van der Waals surface area (Å²) in [5.74, 6) is 0.381. The second-order valence-electron chi connectivity index (χ2n) is 4.22. The van der Waals surface area contributed by atoms with Gasteiger partial charge in [-0.2, -0.15) is 0 Å². The first kappa shape index (κ1) is 10.8. The minimum atomic E-state index is 0.170. The van der Waals surface area contributed by atoms with Gasteiger partial charge in [-0.15, -0.1) is 0 Å². The number of aromatic hydroxyl groups is 2. The van der Waals surface area contributed by atoms with E-state index in [1.54, 1.807) is 0 Å². The second-order valence-corrected chi connectivity index (χ2v) is 4.22. The Morgan fingerprint density at radius 3 is 2.56 bits per heavy atom. The predicted octanol–water partition coefficient (Wildman–Crippen LogP) is 1.68. The molecule has 2 aromatic rings. The highest BCUT2D eigenvalue weighted by Crippen LogP contribution is 2.33. The standard InChI is InChI=1S/C12H16N2O2/c1-14(2)6-5-8-7-13-12-10(16)4-3-9(15)11(8)12/h3-4,7,13,15-16H,5-6H2,1-2H3. The zero-order valence-corrected chi connectivity index (χ0v) is 9.49.